The Hall–Kier alpha value is -3.74. The van der Waals surface area contributed by atoms with Crippen molar-refractivity contribution < 1.29 is 22.8 Å². The average Bonchev–Trinajstić information content (AvgIpc) is 3.17. The van der Waals surface area contributed by atoms with Crippen molar-refractivity contribution in [2.45, 2.75) is 0 Å². The van der Waals surface area contributed by atoms with Gasteiger partial charge in [0.15, 0.2) is 0 Å². The molecule has 5 nitrogen and oxygen atoms in total. The second-order valence-corrected chi connectivity index (χ2v) is 6.26. The van der Waals surface area contributed by atoms with Gasteiger partial charge in [0.25, 0.3) is 0 Å². The van der Waals surface area contributed by atoms with E-state index in [1.807, 2.05) is 0 Å². The van der Waals surface area contributed by atoms with E-state index in [9.17, 15) is 18.4 Å². The van der Waals surface area contributed by atoms with Crippen LogP contribution in [0.4, 0.5) is 14.5 Å². The van der Waals surface area contributed by atoms with Crippen LogP contribution in [0.5, 0.6) is 0 Å². The molecule has 148 valence electrons. The van der Waals surface area contributed by atoms with Crippen LogP contribution in [0.15, 0.2) is 71.2 Å². The van der Waals surface area contributed by atoms with E-state index in [2.05, 4.69) is 5.32 Å². The molecule has 0 atom stereocenters. The summed E-state index contributed by atoms with van der Waals surface area (Å²) < 4.78 is 32.2. The smallest absolute Gasteiger partial charge is 0.246 e. The number of rotatable bonds is 6. The van der Waals surface area contributed by atoms with E-state index < -0.39 is 23.4 Å². The zero-order valence-electron chi connectivity index (χ0n) is 15.6. The normalized spacial score (nSPS) is 10.9. The van der Waals surface area contributed by atoms with Crippen molar-refractivity contribution in [3.05, 3.63) is 84.1 Å². The Morgan fingerprint density at radius 1 is 1.03 bits per heavy atom. The first-order valence-electron chi connectivity index (χ1n) is 8.76. The number of benzene rings is 2. The summed E-state index contributed by atoms with van der Waals surface area (Å²) in [6, 6.07) is 14.8. The van der Waals surface area contributed by atoms with E-state index in [0.717, 1.165) is 0 Å². The molecular formula is C22H18F2N2O3. The van der Waals surface area contributed by atoms with Gasteiger partial charge in [0.2, 0.25) is 11.8 Å². The summed E-state index contributed by atoms with van der Waals surface area (Å²) in [5.41, 5.74) is 0.761. The Kier molecular flexibility index (Phi) is 6.19. The van der Waals surface area contributed by atoms with Gasteiger partial charge in [-0.3, -0.25) is 9.59 Å². The number of carbonyl (C=O) groups excluding carboxylic acids is 2. The molecule has 0 fully saturated rings. The van der Waals surface area contributed by atoms with Crippen LogP contribution in [-0.4, -0.2) is 30.3 Å². The fraction of sp³-hybridized carbons (Fsp3) is 0.0909. The predicted molar refractivity (Wildman–Crippen MR) is 106 cm³/mol. The van der Waals surface area contributed by atoms with Gasteiger partial charge in [-0.1, -0.05) is 12.1 Å². The number of hydrogen-bond acceptors (Lipinski definition) is 3. The highest BCUT2D eigenvalue weighted by Crippen LogP contribution is 2.25. The van der Waals surface area contributed by atoms with Gasteiger partial charge >= 0.3 is 0 Å². The molecule has 2 aromatic carbocycles. The van der Waals surface area contributed by atoms with Gasteiger partial charge in [-0.25, -0.2) is 8.78 Å². The monoisotopic (exact) mass is 396 g/mol. The third kappa shape index (κ3) is 5.38. The van der Waals surface area contributed by atoms with Crippen molar-refractivity contribution >= 4 is 23.6 Å². The molecule has 2 amide bonds. The van der Waals surface area contributed by atoms with Crippen LogP contribution >= 0.6 is 0 Å². The van der Waals surface area contributed by atoms with Crippen molar-refractivity contribution in [3.8, 4) is 11.3 Å². The lowest BCUT2D eigenvalue weighted by Gasteiger charge is -2.14. The first-order chi connectivity index (χ1) is 13.9. The van der Waals surface area contributed by atoms with Gasteiger partial charge < -0.3 is 14.6 Å². The SMILES string of the molecule is CN(CC(=O)Nc1ccc(F)cc1)C(=O)/C=C/c1ccc(-c2ccccc2F)o1. The van der Waals surface area contributed by atoms with Gasteiger partial charge in [0.05, 0.1) is 12.1 Å². The number of likely N-dealkylation sites (N-methyl/N-ethyl adjacent to an activating group) is 1. The summed E-state index contributed by atoms with van der Waals surface area (Å²) in [7, 11) is 1.48. The maximum absolute atomic E-state index is 13.8. The molecule has 0 saturated heterocycles. The van der Waals surface area contributed by atoms with Gasteiger partial charge in [-0.05, 0) is 54.6 Å². The molecule has 0 spiro atoms. The van der Waals surface area contributed by atoms with Crippen LogP contribution in [0.25, 0.3) is 17.4 Å². The first-order valence-corrected chi connectivity index (χ1v) is 8.76. The van der Waals surface area contributed by atoms with Gasteiger partial charge in [-0.15, -0.1) is 0 Å². The molecule has 0 bridgehead atoms. The molecule has 0 aliphatic heterocycles. The number of hydrogen-bond donors (Lipinski definition) is 1. The standard InChI is InChI=1S/C22H18F2N2O3/c1-26(14-21(27)25-16-8-6-15(23)7-9-16)22(28)13-11-17-10-12-20(29-17)18-4-2-3-5-19(18)24/h2-13H,14H2,1H3,(H,25,27)/b13-11+. The Balaban J connectivity index is 1.56. The number of nitrogens with one attached hydrogen (secondary N) is 1. The molecule has 3 aromatic rings. The summed E-state index contributed by atoms with van der Waals surface area (Å²) in [6.07, 6.45) is 2.70. The lowest BCUT2D eigenvalue weighted by Crippen LogP contribution is -2.33. The minimum absolute atomic E-state index is 0.181. The highest BCUT2D eigenvalue weighted by molar-refractivity contribution is 5.97. The maximum atomic E-state index is 13.8. The Bertz CT molecular complexity index is 1040. The number of carbonyl (C=O) groups is 2. The molecule has 1 heterocycles. The Morgan fingerprint density at radius 3 is 2.48 bits per heavy atom. The Labute approximate surface area is 166 Å². The molecule has 0 aliphatic rings. The van der Waals surface area contributed by atoms with Crippen LogP contribution in [0.3, 0.4) is 0 Å². The summed E-state index contributed by atoms with van der Waals surface area (Å²) in [6.45, 7) is -0.181. The zero-order valence-corrected chi connectivity index (χ0v) is 15.6. The van der Waals surface area contributed by atoms with Crippen LogP contribution in [-0.2, 0) is 9.59 Å². The van der Waals surface area contributed by atoms with E-state index >= 15 is 0 Å². The summed E-state index contributed by atoms with van der Waals surface area (Å²) in [5, 5.41) is 2.58. The molecule has 0 unspecified atom stereocenters. The molecule has 1 aromatic heterocycles. The number of furan rings is 1. The van der Waals surface area contributed by atoms with E-state index in [1.165, 1.54) is 54.4 Å². The van der Waals surface area contributed by atoms with Crippen LogP contribution in [0.1, 0.15) is 5.76 Å². The molecule has 29 heavy (non-hydrogen) atoms. The van der Waals surface area contributed by atoms with Crippen LogP contribution in [0.2, 0.25) is 0 Å². The third-order valence-corrected chi connectivity index (χ3v) is 4.04. The van der Waals surface area contributed by atoms with Crippen molar-refractivity contribution in [1.82, 2.24) is 4.90 Å². The number of amides is 2. The Morgan fingerprint density at radius 2 is 1.76 bits per heavy atom. The van der Waals surface area contributed by atoms with Crippen molar-refractivity contribution in [3.63, 3.8) is 0 Å². The van der Waals surface area contributed by atoms with E-state index in [4.69, 9.17) is 4.42 Å². The highest BCUT2D eigenvalue weighted by Gasteiger charge is 2.12. The zero-order chi connectivity index (χ0) is 20.8. The molecule has 0 saturated carbocycles. The van der Waals surface area contributed by atoms with E-state index in [0.29, 0.717) is 22.8 Å². The average molecular weight is 396 g/mol. The second kappa shape index (κ2) is 8.97. The third-order valence-electron chi connectivity index (χ3n) is 4.04. The summed E-state index contributed by atoms with van der Waals surface area (Å²) in [5.74, 6) is -0.913. The number of nitrogens with zero attached hydrogens (tertiary/aromatic N) is 1. The summed E-state index contributed by atoms with van der Waals surface area (Å²) >= 11 is 0. The van der Waals surface area contributed by atoms with E-state index in [1.54, 1.807) is 30.3 Å². The largest absolute Gasteiger partial charge is 0.457 e. The first kappa shape index (κ1) is 20.0. The van der Waals surface area contributed by atoms with Crippen LogP contribution < -0.4 is 5.32 Å². The van der Waals surface area contributed by atoms with Crippen molar-refractivity contribution in [2.24, 2.45) is 0 Å². The quantitative estimate of drug-likeness (QED) is 0.631. The fourth-order valence-electron chi connectivity index (χ4n) is 2.56. The molecule has 0 aliphatic carbocycles. The minimum Gasteiger partial charge on any atom is -0.457 e. The number of anilines is 1. The van der Waals surface area contributed by atoms with Crippen LogP contribution in [0, 0.1) is 11.6 Å². The second-order valence-electron chi connectivity index (χ2n) is 6.26. The fourth-order valence-corrected chi connectivity index (χ4v) is 2.56. The molecule has 7 heteroatoms. The van der Waals surface area contributed by atoms with Gasteiger partial charge in [0, 0.05) is 18.8 Å². The number of halogens is 2. The molecule has 1 N–H and O–H groups in total. The summed E-state index contributed by atoms with van der Waals surface area (Å²) in [4.78, 5) is 25.4. The molecule has 0 radical (unpaired) electrons. The predicted octanol–water partition coefficient (Wildman–Crippen LogP) is 4.34. The lowest BCUT2D eigenvalue weighted by molar-refractivity contribution is -0.129. The minimum atomic E-state index is -0.416. The molecular weight excluding hydrogens is 378 g/mol. The topological polar surface area (TPSA) is 62.6 Å². The van der Waals surface area contributed by atoms with E-state index in [-0.39, 0.29) is 6.54 Å². The lowest BCUT2D eigenvalue weighted by atomic mass is 10.1. The maximum Gasteiger partial charge on any atom is 0.246 e. The van der Waals surface area contributed by atoms with Gasteiger partial charge in [-0.2, -0.15) is 0 Å². The van der Waals surface area contributed by atoms with Crippen molar-refractivity contribution in [2.75, 3.05) is 18.9 Å². The van der Waals surface area contributed by atoms with Gasteiger partial charge in [0.1, 0.15) is 23.2 Å². The highest BCUT2D eigenvalue weighted by atomic mass is 19.1. The van der Waals surface area contributed by atoms with Crippen molar-refractivity contribution in [1.29, 1.82) is 0 Å². The molecule has 3 rings (SSSR count).